The maximum absolute atomic E-state index is 7.15. The quantitative estimate of drug-likeness (QED) is 0.114. The highest BCUT2D eigenvalue weighted by Crippen LogP contribution is 2.39. The molecule has 0 fully saturated rings. The van der Waals surface area contributed by atoms with Crippen LogP contribution in [0, 0.1) is 0 Å². The molecular weight excluding hydrogens is 812 g/mol. The first-order chi connectivity index (χ1) is 32.7. The maximum Gasteiger partial charge on any atom is 0.251 e. The van der Waals surface area contributed by atoms with E-state index >= 15 is 0 Å². The molecule has 0 atom stereocenters. The SMILES string of the molecule is CC(C)c1cc(C(C)C)c(B2c3ccc(-c4ccc(N(c5ccccc5)c5ccccc5)cc4)cc3Oc3cc(-c4ccc(N(c5ccccc5)c5ccccc5)cc4)ccc32)c(C(C)C)c1. The van der Waals surface area contributed by atoms with Gasteiger partial charge in [0.1, 0.15) is 11.5 Å². The molecule has 0 saturated carbocycles. The highest BCUT2D eigenvalue weighted by Gasteiger charge is 2.37. The van der Waals surface area contributed by atoms with E-state index in [-0.39, 0.29) is 6.71 Å². The fraction of sp³-hybridized carbons (Fsp3) is 0.143. The van der Waals surface area contributed by atoms with Crippen LogP contribution < -0.4 is 30.9 Å². The van der Waals surface area contributed by atoms with Crippen molar-refractivity contribution < 1.29 is 4.74 Å². The van der Waals surface area contributed by atoms with Crippen LogP contribution in [0.25, 0.3) is 22.3 Å². The third-order valence-electron chi connectivity index (χ3n) is 13.3. The molecule has 10 rings (SSSR count). The highest BCUT2D eigenvalue weighted by atomic mass is 16.5. The van der Waals surface area contributed by atoms with E-state index in [1.54, 1.807) is 0 Å². The van der Waals surface area contributed by atoms with Crippen LogP contribution >= 0.6 is 0 Å². The van der Waals surface area contributed by atoms with Gasteiger partial charge in [0.25, 0.3) is 6.71 Å². The van der Waals surface area contributed by atoms with Crippen molar-refractivity contribution >= 4 is 57.2 Å². The van der Waals surface area contributed by atoms with Gasteiger partial charge in [-0.05, 0) is 153 Å². The summed E-state index contributed by atoms with van der Waals surface area (Å²) in [6, 6.07) is 78.9. The van der Waals surface area contributed by atoms with Gasteiger partial charge in [-0.25, -0.2) is 0 Å². The molecule has 0 aromatic heterocycles. The fourth-order valence-electron chi connectivity index (χ4n) is 9.83. The summed E-state index contributed by atoms with van der Waals surface area (Å²) in [4.78, 5) is 4.61. The van der Waals surface area contributed by atoms with Gasteiger partial charge in [0.2, 0.25) is 0 Å². The Kier molecular flexibility index (Phi) is 12.1. The van der Waals surface area contributed by atoms with Gasteiger partial charge in [-0.3, -0.25) is 0 Å². The molecule has 3 nitrogen and oxygen atoms in total. The average Bonchev–Trinajstić information content (AvgIpc) is 3.37. The minimum absolute atomic E-state index is 0.00165. The van der Waals surface area contributed by atoms with Gasteiger partial charge in [0.15, 0.2) is 0 Å². The van der Waals surface area contributed by atoms with E-state index < -0.39 is 0 Å². The Morgan fingerprint density at radius 2 is 0.642 bits per heavy atom. The average molecular weight is 869 g/mol. The number of nitrogens with zero attached hydrogens (tertiary/aromatic N) is 2. The summed E-state index contributed by atoms with van der Waals surface area (Å²) in [7, 11) is 0. The number of benzene rings is 9. The minimum atomic E-state index is -0.00165. The van der Waals surface area contributed by atoms with Gasteiger partial charge in [0.05, 0.1) is 0 Å². The zero-order valence-electron chi connectivity index (χ0n) is 39.4. The molecular formula is C63H57BN2O. The summed E-state index contributed by atoms with van der Waals surface area (Å²) in [6.07, 6.45) is 0. The molecule has 0 saturated heterocycles. The Morgan fingerprint density at radius 3 is 0.955 bits per heavy atom. The molecule has 0 radical (unpaired) electrons. The largest absolute Gasteiger partial charge is 0.458 e. The minimum Gasteiger partial charge on any atom is -0.458 e. The number of fused-ring (bicyclic) bond motifs is 2. The number of anilines is 6. The molecule has 9 aromatic carbocycles. The topological polar surface area (TPSA) is 15.7 Å². The first-order valence-corrected chi connectivity index (χ1v) is 23.9. The van der Waals surface area contributed by atoms with Crippen LogP contribution in [0.15, 0.2) is 218 Å². The van der Waals surface area contributed by atoms with Crippen LogP contribution in [0.3, 0.4) is 0 Å². The molecule has 328 valence electrons. The Bertz CT molecular complexity index is 2830. The number of hydrogen-bond acceptors (Lipinski definition) is 3. The zero-order valence-corrected chi connectivity index (χ0v) is 39.4. The van der Waals surface area contributed by atoms with Crippen LogP contribution in [0.4, 0.5) is 34.1 Å². The van der Waals surface area contributed by atoms with Crippen molar-refractivity contribution in [2.75, 3.05) is 9.80 Å². The second-order valence-electron chi connectivity index (χ2n) is 18.7. The van der Waals surface area contributed by atoms with Gasteiger partial charge in [0, 0.05) is 34.1 Å². The number of hydrogen-bond donors (Lipinski definition) is 0. The lowest BCUT2D eigenvalue weighted by molar-refractivity contribution is 0.488. The van der Waals surface area contributed by atoms with E-state index in [0.717, 1.165) is 67.9 Å². The summed E-state index contributed by atoms with van der Waals surface area (Å²) in [5, 5.41) is 0. The van der Waals surface area contributed by atoms with Gasteiger partial charge >= 0.3 is 0 Å². The molecule has 4 heteroatoms. The van der Waals surface area contributed by atoms with Crippen LogP contribution in [-0.2, 0) is 0 Å². The van der Waals surface area contributed by atoms with Crippen molar-refractivity contribution in [3.05, 3.63) is 235 Å². The van der Waals surface area contributed by atoms with E-state index in [0.29, 0.717) is 17.8 Å². The molecule has 1 aliphatic rings. The van der Waals surface area contributed by atoms with Crippen LogP contribution in [0.1, 0.15) is 76.0 Å². The zero-order chi connectivity index (χ0) is 46.0. The molecule has 9 aromatic rings. The lowest BCUT2D eigenvalue weighted by Gasteiger charge is -2.32. The molecule has 1 heterocycles. The van der Waals surface area contributed by atoms with Crippen LogP contribution in [0.5, 0.6) is 11.5 Å². The summed E-state index contributed by atoms with van der Waals surface area (Å²) < 4.78 is 7.15. The highest BCUT2D eigenvalue weighted by molar-refractivity contribution is 6.97. The number of para-hydroxylation sites is 4. The molecule has 0 unspecified atom stereocenters. The monoisotopic (exact) mass is 868 g/mol. The Hall–Kier alpha value is -7.56. The Balaban J connectivity index is 1.07. The Morgan fingerprint density at radius 1 is 0.328 bits per heavy atom. The number of rotatable bonds is 12. The Labute approximate surface area is 398 Å². The van der Waals surface area contributed by atoms with Crippen molar-refractivity contribution in [2.45, 2.75) is 59.3 Å². The van der Waals surface area contributed by atoms with Gasteiger partial charge in [-0.1, -0.05) is 180 Å². The smallest absolute Gasteiger partial charge is 0.251 e. The molecule has 0 amide bonds. The van der Waals surface area contributed by atoms with E-state index in [4.69, 9.17) is 4.74 Å². The molecule has 0 aliphatic carbocycles. The van der Waals surface area contributed by atoms with Crippen molar-refractivity contribution in [1.82, 2.24) is 0 Å². The second-order valence-corrected chi connectivity index (χ2v) is 18.7. The van der Waals surface area contributed by atoms with Crippen molar-refractivity contribution in [1.29, 1.82) is 0 Å². The van der Waals surface area contributed by atoms with E-state index in [1.165, 1.54) is 33.1 Å². The normalized spacial score (nSPS) is 11.9. The summed E-state index contributed by atoms with van der Waals surface area (Å²) in [6.45, 7) is 14.0. The second kappa shape index (κ2) is 18.7. The first kappa shape index (κ1) is 43.3. The lowest BCUT2D eigenvalue weighted by Crippen LogP contribution is -2.57. The molecule has 67 heavy (non-hydrogen) atoms. The van der Waals surface area contributed by atoms with Crippen LogP contribution in [0.2, 0.25) is 0 Å². The summed E-state index contributed by atoms with van der Waals surface area (Å²) >= 11 is 0. The molecule has 0 spiro atoms. The van der Waals surface area contributed by atoms with E-state index in [9.17, 15) is 0 Å². The predicted octanol–water partition coefficient (Wildman–Crippen LogP) is 16.0. The fourth-order valence-corrected chi connectivity index (χ4v) is 9.83. The summed E-state index contributed by atoms with van der Waals surface area (Å²) in [5.74, 6) is 2.92. The standard InChI is InChI=1S/C63H57BN2O/c1-43(2)50-39-57(44(3)4)63(58(40-50)45(5)6)64-59-37-31-48(46-27-33-55(34-28-46)65(51-19-11-7-12-20-51)52-21-13-8-14-22-52)41-61(59)67-62-42-49(32-38-60(62)64)47-29-35-56(36-30-47)66(53-23-15-9-16-24-53)54-25-17-10-18-26-54/h7-45H,1-6H3. The maximum atomic E-state index is 7.15. The molecule has 0 N–H and O–H groups in total. The first-order valence-electron chi connectivity index (χ1n) is 23.9. The van der Waals surface area contributed by atoms with Crippen molar-refractivity contribution in [2.24, 2.45) is 0 Å². The molecule has 0 bridgehead atoms. The molecule has 1 aliphatic heterocycles. The third-order valence-corrected chi connectivity index (χ3v) is 13.3. The van der Waals surface area contributed by atoms with Gasteiger partial charge < -0.3 is 14.5 Å². The van der Waals surface area contributed by atoms with Crippen molar-refractivity contribution in [3.8, 4) is 33.8 Å². The third kappa shape index (κ3) is 8.68. The predicted molar refractivity (Wildman–Crippen MR) is 287 cm³/mol. The van der Waals surface area contributed by atoms with Crippen molar-refractivity contribution in [3.63, 3.8) is 0 Å². The van der Waals surface area contributed by atoms with Crippen LogP contribution in [-0.4, -0.2) is 6.71 Å². The summed E-state index contributed by atoms with van der Waals surface area (Å²) in [5.41, 5.74) is 19.2. The van der Waals surface area contributed by atoms with E-state index in [2.05, 4.69) is 270 Å². The van der Waals surface area contributed by atoms with Gasteiger partial charge in [-0.15, -0.1) is 0 Å². The van der Waals surface area contributed by atoms with E-state index in [1.807, 2.05) is 0 Å². The lowest BCUT2D eigenvalue weighted by atomic mass is 9.33. The number of ether oxygens (including phenoxy) is 1. The van der Waals surface area contributed by atoms with Gasteiger partial charge in [-0.2, -0.15) is 0 Å².